The molecule has 0 N–H and O–H groups in total. The van der Waals surface area contributed by atoms with Crippen LogP contribution in [-0.4, -0.2) is 4.98 Å². The molecule has 17 heavy (non-hydrogen) atoms. The van der Waals surface area contributed by atoms with E-state index < -0.39 is 11.7 Å². The summed E-state index contributed by atoms with van der Waals surface area (Å²) in [7, 11) is 0. The fourth-order valence-electron chi connectivity index (χ4n) is 1.85. The minimum absolute atomic E-state index is 0.167. The molecule has 0 saturated carbocycles. The van der Waals surface area contributed by atoms with Gasteiger partial charge in [0, 0.05) is 11.1 Å². The molecule has 0 aliphatic rings. The van der Waals surface area contributed by atoms with Crippen molar-refractivity contribution in [2.45, 2.75) is 25.9 Å². The number of hydrogen-bond acceptors (Lipinski definition) is 1. The summed E-state index contributed by atoms with van der Waals surface area (Å²) in [6.45, 7) is 1.92. The van der Waals surface area contributed by atoms with Crippen LogP contribution in [0.3, 0.4) is 0 Å². The molecule has 90 valence electrons. The van der Waals surface area contributed by atoms with Crippen LogP contribution in [0.5, 0.6) is 0 Å². The maximum absolute atomic E-state index is 12.9. The maximum Gasteiger partial charge on any atom is 0.417 e. The van der Waals surface area contributed by atoms with E-state index in [-0.39, 0.29) is 5.39 Å². The zero-order valence-electron chi connectivity index (χ0n) is 9.38. The van der Waals surface area contributed by atoms with E-state index in [9.17, 15) is 13.2 Å². The fourth-order valence-corrected chi connectivity index (χ4v) is 1.85. The van der Waals surface area contributed by atoms with Crippen molar-refractivity contribution in [2.75, 3.05) is 0 Å². The van der Waals surface area contributed by atoms with Crippen molar-refractivity contribution in [1.29, 1.82) is 0 Å². The monoisotopic (exact) mass is 239 g/mol. The Kier molecular flexibility index (Phi) is 3.05. The molecule has 0 bridgehead atoms. The summed E-state index contributed by atoms with van der Waals surface area (Å²) in [6, 6.07) is 7.53. The van der Waals surface area contributed by atoms with Crippen LogP contribution in [0, 0.1) is 0 Å². The lowest BCUT2D eigenvalue weighted by Crippen LogP contribution is -2.08. The summed E-state index contributed by atoms with van der Waals surface area (Å²) in [4.78, 5) is 4.24. The Morgan fingerprint density at radius 3 is 2.53 bits per heavy atom. The summed E-state index contributed by atoms with van der Waals surface area (Å²) < 4.78 is 38.7. The molecule has 0 aliphatic heterocycles. The quantitative estimate of drug-likeness (QED) is 0.765. The first-order chi connectivity index (χ1) is 8.02. The standard InChI is InChI=1S/C13H12F3N/c1-2-5-9-8-11(13(14,15)16)10-6-3-4-7-12(10)17-9/h3-4,6-8H,2,5H2,1H3. The highest BCUT2D eigenvalue weighted by molar-refractivity contribution is 5.82. The summed E-state index contributed by atoms with van der Waals surface area (Å²) >= 11 is 0. The lowest BCUT2D eigenvalue weighted by Gasteiger charge is -2.12. The molecule has 1 aromatic carbocycles. The molecule has 0 atom stereocenters. The van der Waals surface area contributed by atoms with Crippen molar-refractivity contribution >= 4 is 10.9 Å². The van der Waals surface area contributed by atoms with Gasteiger partial charge in [0.1, 0.15) is 0 Å². The van der Waals surface area contributed by atoms with E-state index in [1.54, 1.807) is 18.2 Å². The molecule has 0 unspecified atom stereocenters. The van der Waals surface area contributed by atoms with E-state index >= 15 is 0 Å². The van der Waals surface area contributed by atoms with Gasteiger partial charge in [0.15, 0.2) is 0 Å². The van der Waals surface area contributed by atoms with Gasteiger partial charge in [-0.1, -0.05) is 31.5 Å². The summed E-state index contributed by atoms with van der Waals surface area (Å²) in [5.74, 6) is 0. The minimum Gasteiger partial charge on any atom is -0.253 e. The molecule has 0 spiro atoms. The normalized spacial score (nSPS) is 12.0. The van der Waals surface area contributed by atoms with Crippen LogP contribution in [0.25, 0.3) is 10.9 Å². The van der Waals surface area contributed by atoms with Gasteiger partial charge >= 0.3 is 6.18 Å². The number of halogens is 3. The van der Waals surface area contributed by atoms with Gasteiger partial charge in [-0.3, -0.25) is 4.98 Å². The van der Waals surface area contributed by atoms with Crippen molar-refractivity contribution in [3.8, 4) is 0 Å². The van der Waals surface area contributed by atoms with Crippen molar-refractivity contribution in [3.05, 3.63) is 41.6 Å². The summed E-state index contributed by atoms with van der Waals surface area (Å²) in [6.07, 6.45) is -2.98. The Bertz CT molecular complexity index is 532. The van der Waals surface area contributed by atoms with Crippen LogP contribution in [0.15, 0.2) is 30.3 Å². The van der Waals surface area contributed by atoms with E-state index in [0.29, 0.717) is 17.6 Å². The largest absolute Gasteiger partial charge is 0.417 e. The average molecular weight is 239 g/mol. The van der Waals surface area contributed by atoms with Crippen LogP contribution in [0.1, 0.15) is 24.6 Å². The number of aromatic nitrogens is 1. The molecule has 2 aromatic rings. The van der Waals surface area contributed by atoms with Gasteiger partial charge in [-0.25, -0.2) is 0 Å². The zero-order chi connectivity index (χ0) is 12.5. The molecular weight excluding hydrogens is 227 g/mol. The smallest absolute Gasteiger partial charge is 0.253 e. The predicted octanol–water partition coefficient (Wildman–Crippen LogP) is 4.21. The third kappa shape index (κ3) is 2.40. The van der Waals surface area contributed by atoms with Gasteiger partial charge in [-0.2, -0.15) is 13.2 Å². The number of hydrogen-bond donors (Lipinski definition) is 0. The van der Waals surface area contributed by atoms with Gasteiger partial charge < -0.3 is 0 Å². The fraction of sp³-hybridized carbons (Fsp3) is 0.308. The lowest BCUT2D eigenvalue weighted by molar-refractivity contribution is -0.136. The number of fused-ring (bicyclic) bond motifs is 1. The van der Waals surface area contributed by atoms with Gasteiger partial charge in [-0.15, -0.1) is 0 Å². The van der Waals surface area contributed by atoms with Crippen LogP contribution in [-0.2, 0) is 12.6 Å². The molecular formula is C13H12F3N. The number of benzene rings is 1. The second-order valence-electron chi connectivity index (χ2n) is 3.93. The number of alkyl halides is 3. The molecule has 0 fully saturated rings. The number of para-hydroxylation sites is 1. The first-order valence-corrected chi connectivity index (χ1v) is 5.48. The summed E-state index contributed by atoms with van der Waals surface area (Å²) in [5, 5.41) is 0.167. The van der Waals surface area contributed by atoms with E-state index in [4.69, 9.17) is 0 Å². The SMILES string of the molecule is CCCc1cc(C(F)(F)F)c2ccccc2n1. The third-order valence-electron chi connectivity index (χ3n) is 2.58. The number of rotatable bonds is 2. The molecule has 1 nitrogen and oxygen atoms in total. The first kappa shape index (κ1) is 11.9. The highest BCUT2D eigenvalue weighted by atomic mass is 19.4. The maximum atomic E-state index is 12.9. The minimum atomic E-state index is -4.33. The molecule has 1 aromatic heterocycles. The van der Waals surface area contributed by atoms with Crippen molar-refractivity contribution in [2.24, 2.45) is 0 Å². The molecule has 2 rings (SSSR count). The topological polar surface area (TPSA) is 12.9 Å². The average Bonchev–Trinajstić information content (AvgIpc) is 2.27. The molecule has 4 heteroatoms. The van der Waals surface area contributed by atoms with E-state index in [0.717, 1.165) is 12.5 Å². The van der Waals surface area contributed by atoms with Gasteiger partial charge in [-0.05, 0) is 18.6 Å². The Hall–Kier alpha value is -1.58. The molecule has 0 saturated heterocycles. The van der Waals surface area contributed by atoms with Gasteiger partial charge in [0.05, 0.1) is 11.1 Å². The van der Waals surface area contributed by atoms with E-state index in [1.807, 2.05) is 6.92 Å². The molecule has 0 amide bonds. The highest BCUT2D eigenvalue weighted by Gasteiger charge is 2.33. The van der Waals surface area contributed by atoms with Gasteiger partial charge in [0.2, 0.25) is 0 Å². The number of pyridine rings is 1. The van der Waals surface area contributed by atoms with E-state index in [1.165, 1.54) is 6.07 Å². The zero-order valence-corrected chi connectivity index (χ0v) is 9.38. The van der Waals surface area contributed by atoms with Crippen molar-refractivity contribution < 1.29 is 13.2 Å². The summed E-state index contributed by atoms with van der Waals surface area (Å²) in [5.41, 5.74) is 0.316. The lowest BCUT2D eigenvalue weighted by atomic mass is 10.1. The number of aryl methyl sites for hydroxylation is 1. The Morgan fingerprint density at radius 1 is 1.18 bits per heavy atom. The van der Waals surface area contributed by atoms with Crippen LogP contribution >= 0.6 is 0 Å². The number of nitrogens with zero attached hydrogens (tertiary/aromatic N) is 1. The Balaban J connectivity index is 2.69. The molecule has 1 heterocycles. The van der Waals surface area contributed by atoms with Gasteiger partial charge in [0.25, 0.3) is 0 Å². The van der Waals surface area contributed by atoms with E-state index in [2.05, 4.69) is 4.98 Å². The second kappa shape index (κ2) is 4.35. The van der Waals surface area contributed by atoms with Crippen LogP contribution in [0.4, 0.5) is 13.2 Å². The third-order valence-corrected chi connectivity index (χ3v) is 2.58. The molecule has 0 aliphatic carbocycles. The Labute approximate surface area is 97.3 Å². The van der Waals surface area contributed by atoms with Crippen LogP contribution < -0.4 is 0 Å². The Morgan fingerprint density at radius 2 is 1.88 bits per heavy atom. The van der Waals surface area contributed by atoms with Crippen molar-refractivity contribution in [3.63, 3.8) is 0 Å². The second-order valence-corrected chi connectivity index (χ2v) is 3.93. The van der Waals surface area contributed by atoms with Crippen LogP contribution in [0.2, 0.25) is 0 Å². The van der Waals surface area contributed by atoms with Crippen molar-refractivity contribution in [1.82, 2.24) is 4.98 Å². The highest BCUT2D eigenvalue weighted by Crippen LogP contribution is 2.34. The first-order valence-electron chi connectivity index (χ1n) is 5.48. The predicted molar refractivity (Wildman–Crippen MR) is 60.7 cm³/mol. The molecule has 0 radical (unpaired) electrons.